The molecule has 11 heteroatoms. The zero-order valence-electron chi connectivity index (χ0n) is 20.7. The molecular weight excluding hydrogens is 499 g/mol. The molecule has 0 atom stereocenters. The molecular formula is C25H29FN4O4SSi. The van der Waals surface area contributed by atoms with E-state index in [-0.39, 0.29) is 10.6 Å². The molecule has 0 amide bonds. The monoisotopic (exact) mass is 528 g/mol. The molecule has 0 saturated heterocycles. The quantitative estimate of drug-likeness (QED) is 0.220. The van der Waals surface area contributed by atoms with E-state index in [9.17, 15) is 12.8 Å². The number of fused-ring (bicyclic) bond motifs is 1. The van der Waals surface area contributed by atoms with Gasteiger partial charge in [-0.15, -0.1) is 0 Å². The van der Waals surface area contributed by atoms with E-state index in [0.717, 1.165) is 12.1 Å². The summed E-state index contributed by atoms with van der Waals surface area (Å²) in [6.07, 6.45) is 3.33. The minimum absolute atomic E-state index is 0.00369. The van der Waals surface area contributed by atoms with Crippen molar-refractivity contribution in [3.63, 3.8) is 0 Å². The summed E-state index contributed by atoms with van der Waals surface area (Å²) in [6.45, 7) is 7.96. The van der Waals surface area contributed by atoms with Gasteiger partial charge in [-0.1, -0.05) is 25.7 Å². The van der Waals surface area contributed by atoms with Gasteiger partial charge in [0, 0.05) is 32.0 Å². The van der Waals surface area contributed by atoms with Crippen LogP contribution in [0.15, 0.2) is 66.0 Å². The average molecular weight is 529 g/mol. The molecule has 0 aliphatic rings. The van der Waals surface area contributed by atoms with Crippen molar-refractivity contribution in [2.45, 2.75) is 37.3 Å². The Morgan fingerprint density at radius 1 is 1.08 bits per heavy atom. The van der Waals surface area contributed by atoms with Crippen molar-refractivity contribution in [1.29, 1.82) is 0 Å². The molecule has 0 bridgehead atoms. The van der Waals surface area contributed by atoms with Crippen LogP contribution >= 0.6 is 0 Å². The summed E-state index contributed by atoms with van der Waals surface area (Å²) in [5, 5.41) is 0. The van der Waals surface area contributed by atoms with Crippen LogP contribution in [0.3, 0.4) is 0 Å². The minimum Gasteiger partial charge on any atom is -0.496 e. The van der Waals surface area contributed by atoms with Crippen LogP contribution in [-0.4, -0.2) is 44.7 Å². The number of hydrogen-bond donors (Lipinski definition) is 1. The van der Waals surface area contributed by atoms with Crippen molar-refractivity contribution in [3.8, 4) is 16.9 Å². The molecule has 0 unspecified atom stereocenters. The Morgan fingerprint density at radius 2 is 1.89 bits per heavy atom. The van der Waals surface area contributed by atoms with Gasteiger partial charge in [-0.3, -0.25) is 9.29 Å². The molecule has 0 radical (unpaired) electrons. The SMILES string of the molecule is COc1ccc(S(=O)(=O)Nc2cccc(F)c2)cc1-c1cnc2c(c1)ncn2COCC[Si](C)(C)C. The highest BCUT2D eigenvalue weighted by Gasteiger charge is 2.19. The van der Waals surface area contributed by atoms with Crippen LogP contribution in [0.4, 0.5) is 10.1 Å². The number of nitrogens with zero attached hydrogens (tertiary/aromatic N) is 3. The lowest BCUT2D eigenvalue weighted by molar-refractivity contribution is 0.0895. The van der Waals surface area contributed by atoms with Crippen LogP contribution in [0, 0.1) is 5.82 Å². The minimum atomic E-state index is -3.97. The highest BCUT2D eigenvalue weighted by Crippen LogP contribution is 2.33. The van der Waals surface area contributed by atoms with E-state index in [4.69, 9.17) is 9.47 Å². The summed E-state index contributed by atoms with van der Waals surface area (Å²) in [6, 6.07) is 12.7. The van der Waals surface area contributed by atoms with Crippen molar-refractivity contribution in [2.24, 2.45) is 0 Å². The highest BCUT2D eigenvalue weighted by molar-refractivity contribution is 7.92. The predicted octanol–water partition coefficient (Wildman–Crippen LogP) is 5.36. The van der Waals surface area contributed by atoms with Gasteiger partial charge in [0.1, 0.15) is 23.8 Å². The molecule has 8 nitrogen and oxygen atoms in total. The van der Waals surface area contributed by atoms with E-state index >= 15 is 0 Å². The molecule has 0 saturated carbocycles. The maximum atomic E-state index is 13.5. The number of ether oxygens (including phenoxy) is 2. The third-order valence-electron chi connectivity index (χ3n) is 5.55. The first-order chi connectivity index (χ1) is 17.1. The zero-order chi connectivity index (χ0) is 25.9. The molecule has 190 valence electrons. The van der Waals surface area contributed by atoms with Gasteiger partial charge in [-0.2, -0.15) is 0 Å². The summed E-state index contributed by atoms with van der Waals surface area (Å²) >= 11 is 0. The third kappa shape index (κ3) is 6.09. The number of methoxy groups -OCH3 is 1. The molecule has 0 spiro atoms. The number of aromatic nitrogens is 3. The lowest BCUT2D eigenvalue weighted by Crippen LogP contribution is -2.22. The summed E-state index contributed by atoms with van der Waals surface area (Å²) < 4.78 is 55.0. The fourth-order valence-corrected chi connectivity index (χ4v) is 5.41. The first-order valence-corrected chi connectivity index (χ1v) is 16.6. The van der Waals surface area contributed by atoms with Gasteiger partial charge in [0.25, 0.3) is 10.0 Å². The number of halogens is 1. The van der Waals surface area contributed by atoms with Gasteiger partial charge >= 0.3 is 0 Å². The topological polar surface area (TPSA) is 95.3 Å². The first kappa shape index (κ1) is 25.8. The molecule has 0 aliphatic heterocycles. The molecule has 36 heavy (non-hydrogen) atoms. The second-order valence-electron chi connectivity index (χ2n) is 9.61. The number of imidazole rings is 1. The number of sulfonamides is 1. The van der Waals surface area contributed by atoms with Crippen LogP contribution in [0.5, 0.6) is 5.75 Å². The number of hydrogen-bond acceptors (Lipinski definition) is 6. The number of anilines is 1. The molecule has 2 aromatic heterocycles. The van der Waals surface area contributed by atoms with E-state index in [2.05, 4.69) is 34.3 Å². The normalized spacial score (nSPS) is 12.1. The van der Waals surface area contributed by atoms with Crippen molar-refractivity contribution >= 4 is 34.9 Å². The number of nitrogens with one attached hydrogen (secondary N) is 1. The Labute approximate surface area is 211 Å². The fraction of sp³-hybridized carbons (Fsp3) is 0.280. The van der Waals surface area contributed by atoms with Crippen molar-refractivity contribution in [3.05, 3.63) is 66.9 Å². The van der Waals surface area contributed by atoms with Gasteiger partial charge in [0.05, 0.1) is 24.0 Å². The number of benzene rings is 2. The van der Waals surface area contributed by atoms with Gasteiger partial charge in [-0.05, 0) is 48.5 Å². The highest BCUT2D eigenvalue weighted by atomic mass is 32.2. The maximum Gasteiger partial charge on any atom is 0.261 e. The third-order valence-corrected chi connectivity index (χ3v) is 8.63. The zero-order valence-corrected chi connectivity index (χ0v) is 22.5. The van der Waals surface area contributed by atoms with Crippen molar-refractivity contribution < 1.29 is 22.3 Å². The summed E-state index contributed by atoms with van der Waals surface area (Å²) in [7, 11) is -3.63. The van der Waals surface area contributed by atoms with E-state index in [1.54, 1.807) is 18.6 Å². The van der Waals surface area contributed by atoms with Gasteiger partial charge in [0.2, 0.25) is 0 Å². The Bertz CT molecular complexity index is 1490. The standard InChI is InChI=1S/C25H29FN4O4SSi/c1-33-24-9-8-21(35(31,32)29-20-7-5-6-19(26)13-20)14-22(24)18-12-23-25(27-15-18)30(16-28-23)17-34-10-11-36(2,3)4/h5-9,12-16,29H,10-11,17H2,1-4H3. The van der Waals surface area contributed by atoms with Gasteiger partial charge < -0.3 is 9.47 Å². The van der Waals surface area contributed by atoms with Gasteiger partial charge in [-0.25, -0.2) is 22.8 Å². The summed E-state index contributed by atoms with van der Waals surface area (Å²) in [5.74, 6) is -0.0548. The van der Waals surface area contributed by atoms with E-state index in [1.807, 2.05) is 10.6 Å². The lowest BCUT2D eigenvalue weighted by atomic mass is 10.1. The van der Waals surface area contributed by atoms with Crippen LogP contribution in [0.2, 0.25) is 25.7 Å². The number of rotatable bonds is 10. The number of pyridine rings is 1. The second kappa shape index (κ2) is 10.4. The lowest BCUT2D eigenvalue weighted by Gasteiger charge is -2.15. The van der Waals surface area contributed by atoms with Crippen LogP contribution < -0.4 is 9.46 Å². The predicted molar refractivity (Wildman–Crippen MR) is 141 cm³/mol. The Morgan fingerprint density at radius 3 is 2.61 bits per heavy atom. The van der Waals surface area contributed by atoms with Gasteiger partial charge in [0.15, 0.2) is 5.65 Å². The molecule has 0 aliphatic carbocycles. The van der Waals surface area contributed by atoms with E-state index < -0.39 is 23.9 Å². The molecule has 1 N–H and O–H groups in total. The molecule has 0 fully saturated rings. The largest absolute Gasteiger partial charge is 0.496 e. The van der Waals surface area contributed by atoms with Crippen molar-refractivity contribution in [2.75, 3.05) is 18.4 Å². The fourth-order valence-electron chi connectivity index (χ4n) is 3.58. The van der Waals surface area contributed by atoms with E-state index in [1.165, 1.54) is 37.4 Å². The average Bonchev–Trinajstić information content (AvgIpc) is 3.22. The molecule has 2 heterocycles. The maximum absolute atomic E-state index is 13.5. The van der Waals surface area contributed by atoms with Crippen LogP contribution in [0.1, 0.15) is 0 Å². The molecule has 4 rings (SSSR count). The van der Waals surface area contributed by atoms with Crippen LogP contribution in [0.25, 0.3) is 22.3 Å². The van der Waals surface area contributed by atoms with Crippen LogP contribution in [-0.2, 0) is 21.5 Å². The second-order valence-corrected chi connectivity index (χ2v) is 16.9. The Kier molecular flexibility index (Phi) is 7.43. The van der Waals surface area contributed by atoms with E-state index in [0.29, 0.717) is 41.4 Å². The van der Waals surface area contributed by atoms with Crippen molar-refractivity contribution in [1.82, 2.24) is 14.5 Å². The summed E-state index contributed by atoms with van der Waals surface area (Å²) in [5.41, 5.74) is 2.63. The molecule has 2 aromatic carbocycles. The smallest absolute Gasteiger partial charge is 0.261 e. The summed E-state index contributed by atoms with van der Waals surface area (Å²) in [4.78, 5) is 9.01. The Balaban J connectivity index is 1.60. The first-order valence-electron chi connectivity index (χ1n) is 11.4. The Hall–Kier alpha value is -3.28. The molecule has 4 aromatic rings.